The van der Waals surface area contributed by atoms with Crippen molar-refractivity contribution in [3.8, 4) is 10.6 Å². The molecule has 1 saturated carbocycles. The molecule has 26 heavy (non-hydrogen) atoms. The number of nitrogens with zero attached hydrogens (tertiary/aromatic N) is 4. The second kappa shape index (κ2) is 6.69. The van der Waals surface area contributed by atoms with Gasteiger partial charge in [0.05, 0.1) is 18.0 Å². The topological polar surface area (TPSA) is 113 Å². The zero-order valence-electron chi connectivity index (χ0n) is 14.4. The highest BCUT2D eigenvalue weighted by Crippen LogP contribution is 2.43. The van der Waals surface area contributed by atoms with E-state index in [4.69, 9.17) is 16.5 Å². The number of hydrogen-bond donors (Lipinski definition) is 3. The Balaban J connectivity index is 1.84. The first-order chi connectivity index (χ1) is 12.6. The zero-order chi connectivity index (χ0) is 18.1. The number of thiazole rings is 1. The Hall–Kier alpha value is -2.45. The highest BCUT2D eigenvalue weighted by atomic mass is 32.1. The number of para-hydroxylation sites is 1. The van der Waals surface area contributed by atoms with Gasteiger partial charge in [-0.1, -0.05) is 18.6 Å². The summed E-state index contributed by atoms with van der Waals surface area (Å²) in [6.45, 7) is -0.0727. The van der Waals surface area contributed by atoms with E-state index in [-0.39, 0.29) is 12.6 Å². The fraction of sp³-hybridized carbons (Fsp3) is 0.389. The molecule has 0 unspecified atom stereocenters. The molecule has 1 fully saturated rings. The molecule has 1 spiro atoms. The molecule has 7 nitrogen and oxygen atoms in total. The van der Waals surface area contributed by atoms with Crippen molar-refractivity contribution >= 4 is 28.9 Å². The van der Waals surface area contributed by atoms with Gasteiger partial charge < -0.3 is 16.6 Å². The summed E-state index contributed by atoms with van der Waals surface area (Å²) in [6, 6.07) is 7.98. The number of aliphatic imine (C=N–C) groups is 2. The number of hydrogen-bond acceptors (Lipinski definition) is 8. The number of anilines is 1. The summed E-state index contributed by atoms with van der Waals surface area (Å²) in [4.78, 5) is 15.5. The van der Waals surface area contributed by atoms with Crippen LogP contribution in [0, 0.1) is 0 Å². The van der Waals surface area contributed by atoms with Crippen molar-refractivity contribution in [1.29, 1.82) is 0 Å². The van der Waals surface area contributed by atoms with E-state index in [1.165, 1.54) is 17.8 Å². The number of nitrogens with two attached hydrogens (primary N) is 2. The summed E-state index contributed by atoms with van der Waals surface area (Å²) in [5.74, 6) is 0.612. The molecular weight excluding hydrogens is 348 g/mol. The van der Waals surface area contributed by atoms with Gasteiger partial charge in [-0.25, -0.2) is 9.98 Å². The minimum Gasteiger partial charge on any atom is -0.390 e. The molecular formula is C18H22N6OS. The maximum atomic E-state index is 9.35. The molecule has 0 saturated heterocycles. The fourth-order valence-electron chi connectivity index (χ4n) is 3.82. The standard InChI is InChI=1S/C18H22N6OS/c19-16-22-17(20)24(18(23-16)8-4-1-5-9-18)14-7-3-2-6-13(14)15-21-12(10-25)11-26-15/h2-3,6-7,11,25H,1,4-5,8-10H2,(H4,19,20,22,23). The molecule has 0 atom stereocenters. The maximum Gasteiger partial charge on any atom is 0.220 e. The first-order valence-corrected chi connectivity index (χ1v) is 9.65. The lowest BCUT2D eigenvalue weighted by Crippen LogP contribution is -2.58. The van der Waals surface area contributed by atoms with Crippen LogP contribution in [0.25, 0.3) is 10.6 Å². The second-order valence-corrected chi connectivity index (χ2v) is 7.50. The summed E-state index contributed by atoms with van der Waals surface area (Å²) in [5.41, 5.74) is 14.4. The van der Waals surface area contributed by atoms with E-state index in [1.54, 1.807) is 0 Å². The van der Waals surface area contributed by atoms with Crippen molar-refractivity contribution < 1.29 is 5.11 Å². The van der Waals surface area contributed by atoms with Crippen LogP contribution in [0.3, 0.4) is 0 Å². The molecule has 0 bridgehead atoms. The van der Waals surface area contributed by atoms with Crippen LogP contribution in [-0.2, 0) is 6.61 Å². The maximum absolute atomic E-state index is 9.35. The van der Waals surface area contributed by atoms with Crippen molar-refractivity contribution in [3.05, 3.63) is 35.3 Å². The molecule has 1 aromatic heterocycles. The third-order valence-electron chi connectivity index (χ3n) is 4.94. The number of aromatic nitrogens is 1. The van der Waals surface area contributed by atoms with Crippen molar-refractivity contribution in [2.45, 2.75) is 44.4 Å². The smallest absolute Gasteiger partial charge is 0.220 e. The lowest BCUT2D eigenvalue weighted by Gasteiger charge is -2.46. The summed E-state index contributed by atoms with van der Waals surface area (Å²) < 4.78 is 0. The van der Waals surface area contributed by atoms with Crippen LogP contribution in [0.1, 0.15) is 37.8 Å². The monoisotopic (exact) mass is 370 g/mol. The van der Waals surface area contributed by atoms with E-state index >= 15 is 0 Å². The van der Waals surface area contributed by atoms with E-state index < -0.39 is 5.66 Å². The molecule has 5 N–H and O–H groups in total. The average molecular weight is 370 g/mol. The summed E-state index contributed by atoms with van der Waals surface area (Å²) in [7, 11) is 0. The first-order valence-electron chi connectivity index (χ1n) is 8.77. The predicted molar refractivity (Wildman–Crippen MR) is 105 cm³/mol. The van der Waals surface area contributed by atoms with Gasteiger partial charge in [0.15, 0.2) is 0 Å². The second-order valence-electron chi connectivity index (χ2n) is 6.64. The van der Waals surface area contributed by atoms with Gasteiger partial charge in [0.2, 0.25) is 11.9 Å². The van der Waals surface area contributed by atoms with Crippen molar-refractivity contribution in [2.75, 3.05) is 4.90 Å². The van der Waals surface area contributed by atoms with Gasteiger partial charge >= 0.3 is 0 Å². The molecule has 2 heterocycles. The molecule has 136 valence electrons. The number of rotatable bonds is 3. The lowest BCUT2D eigenvalue weighted by atomic mass is 9.87. The van der Waals surface area contributed by atoms with Gasteiger partial charge in [0.1, 0.15) is 10.7 Å². The van der Waals surface area contributed by atoms with E-state index in [0.717, 1.165) is 41.9 Å². The van der Waals surface area contributed by atoms with Crippen molar-refractivity contribution in [3.63, 3.8) is 0 Å². The van der Waals surface area contributed by atoms with Gasteiger partial charge in [-0.3, -0.25) is 4.90 Å². The van der Waals surface area contributed by atoms with Gasteiger partial charge in [-0.05, 0) is 37.8 Å². The van der Waals surface area contributed by atoms with Gasteiger partial charge in [-0.2, -0.15) is 4.99 Å². The number of aliphatic hydroxyl groups is 1. The Morgan fingerprint density at radius 3 is 2.65 bits per heavy atom. The Bertz CT molecular complexity index is 868. The molecule has 1 aliphatic carbocycles. The molecule has 4 rings (SSSR count). The highest BCUT2D eigenvalue weighted by Gasteiger charge is 2.43. The molecule has 0 radical (unpaired) electrons. The fourth-order valence-corrected chi connectivity index (χ4v) is 4.67. The third-order valence-corrected chi connectivity index (χ3v) is 5.86. The largest absolute Gasteiger partial charge is 0.390 e. The van der Waals surface area contributed by atoms with E-state index in [2.05, 4.69) is 9.98 Å². The third kappa shape index (κ3) is 2.85. The van der Waals surface area contributed by atoms with Crippen LogP contribution in [0.4, 0.5) is 5.69 Å². The van der Waals surface area contributed by atoms with Crippen LogP contribution in [0.5, 0.6) is 0 Å². The molecule has 8 heteroatoms. The molecule has 1 aliphatic heterocycles. The van der Waals surface area contributed by atoms with E-state index in [9.17, 15) is 5.11 Å². The lowest BCUT2D eigenvalue weighted by molar-refractivity contribution is 0.278. The van der Waals surface area contributed by atoms with Gasteiger partial charge in [-0.15, -0.1) is 11.3 Å². The molecule has 0 amide bonds. The Morgan fingerprint density at radius 1 is 1.15 bits per heavy atom. The predicted octanol–water partition coefficient (Wildman–Crippen LogP) is 2.41. The Labute approximate surface area is 156 Å². The van der Waals surface area contributed by atoms with Crippen LogP contribution in [-0.4, -0.2) is 27.7 Å². The van der Waals surface area contributed by atoms with Gasteiger partial charge in [0, 0.05) is 10.9 Å². The number of guanidine groups is 2. The Kier molecular flexibility index (Phi) is 4.37. The Morgan fingerprint density at radius 2 is 1.92 bits per heavy atom. The van der Waals surface area contributed by atoms with Gasteiger partial charge in [0.25, 0.3) is 0 Å². The quantitative estimate of drug-likeness (QED) is 0.768. The van der Waals surface area contributed by atoms with Crippen molar-refractivity contribution in [1.82, 2.24) is 4.98 Å². The zero-order valence-corrected chi connectivity index (χ0v) is 15.2. The average Bonchev–Trinajstić information content (AvgIpc) is 3.11. The summed E-state index contributed by atoms with van der Waals surface area (Å²) in [6.07, 6.45) is 5.12. The van der Waals surface area contributed by atoms with E-state index in [0.29, 0.717) is 11.7 Å². The molecule has 1 aromatic carbocycles. The number of benzene rings is 1. The summed E-state index contributed by atoms with van der Waals surface area (Å²) >= 11 is 1.50. The van der Waals surface area contributed by atoms with Crippen LogP contribution < -0.4 is 16.4 Å². The minimum atomic E-state index is -0.485. The minimum absolute atomic E-state index is 0.0727. The molecule has 2 aliphatic rings. The highest BCUT2D eigenvalue weighted by molar-refractivity contribution is 7.13. The first kappa shape index (κ1) is 17.0. The van der Waals surface area contributed by atoms with E-state index in [1.807, 2.05) is 34.5 Å². The van der Waals surface area contributed by atoms with Crippen LogP contribution >= 0.6 is 11.3 Å². The van der Waals surface area contributed by atoms with Crippen molar-refractivity contribution in [2.24, 2.45) is 21.5 Å². The number of aliphatic hydroxyl groups excluding tert-OH is 1. The summed E-state index contributed by atoms with van der Waals surface area (Å²) in [5, 5.41) is 12.1. The van der Waals surface area contributed by atoms with Crippen LogP contribution in [0.15, 0.2) is 39.6 Å². The SMILES string of the molecule is NC1=NC2(CCCCC2)N(c2ccccc2-c2nc(CO)cs2)C(N)=N1. The normalized spacial score (nSPS) is 19.3. The van der Waals surface area contributed by atoms with Crippen LogP contribution in [0.2, 0.25) is 0 Å². The molecule has 2 aromatic rings.